The molecular weight excluding hydrogens is 530 g/mol. The number of nitriles is 1. The predicted octanol–water partition coefficient (Wildman–Crippen LogP) is 6.35. The topological polar surface area (TPSA) is 110 Å². The highest BCUT2D eigenvalue weighted by molar-refractivity contribution is 6.74. The molecule has 1 atom stereocenters. The van der Waals surface area contributed by atoms with Gasteiger partial charge in [-0.3, -0.25) is 0 Å². The molecule has 0 saturated carbocycles. The molecule has 0 unspecified atom stereocenters. The van der Waals surface area contributed by atoms with Crippen LogP contribution in [0, 0.1) is 11.3 Å². The third-order valence-corrected chi connectivity index (χ3v) is 12.4. The first kappa shape index (κ1) is 29.0. The van der Waals surface area contributed by atoms with Gasteiger partial charge in [0.05, 0.1) is 16.9 Å². The van der Waals surface area contributed by atoms with Gasteiger partial charge in [-0.25, -0.2) is 14.6 Å². The Bertz CT molecular complexity index is 1380. The van der Waals surface area contributed by atoms with Crippen LogP contribution >= 0.6 is 11.6 Å². The van der Waals surface area contributed by atoms with Crippen molar-refractivity contribution in [3.05, 3.63) is 46.7 Å². The second-order valence-electron chi connectivity index (χ2n) is 11.8. The number of nitrogens with zero attached hydrogens (tertiary/aromatic N) is 5. The normalized spacial score (nSPS) is 17.0. The molecule has 208 valence electrons. The van der Waals surface area contributed by atoms with Crippen molar-refractivity contribution >= 4 is 37.4 Å². The van der Waals surface area contributed by atoms with Crippen LogP contribution in [0.1, 0.15) is 45.2 Å². The molecule has 2 aromatic heterocycles. The number of hydrogen-bond acceptors (Lipinski definition) is 8. The van der Waals surface area contributed by atoms with E-state index in [4.69, 9.17) is 25.7 Å². The van der Waals surface area contributed by atoms with E-state index in [9.17, 15) is 5.26 Å². The van der Waals surface area contributed by atoms with E-state index in [-0.39, 0.29) is 10.5 Å². The quantitative estimate of drug-likeness (QED) is 0.215. The SMILES string of the molecule is COCCCn1nc(Cl)cc1Nc1nccc(-c2cc(C#N)c3c(c2)[C@@](C)(CO[Si](C)(C)C(C)(C)C)CN3)n1. The lowest BCUT2D eigenvalue weighted by atomic mass is 9.83. The molecular formula is C28H38ClN7O2Si. The van der Waals surface area contributed by atoms with E-state index in [1.54, 1.807) is 24.1 Å². The first-order valence-corrected chi connectivity index (χ1v) is 16.4. The molecule has 0 spiro atoms. The minimum atomic E-state index is -1.94. The van der Waals surface area contributed by atoms with E-state index >= 15 is 0 Å². The maximum atomic E-state index is 9.99. The maximum Gasteiger partial charge on any atom is 0.228 e. The summed E-state index contributed by atoms with van der Waals surface area (Å²) in [6, 6.07) is 9.97. The average Bonchev–Trinajstić information content (AvgIpc) is 3.41. The third-order valence-electron chi connectivity index (χ3n) is 7.78. The van der Waals surface area contributed by atoms with Crippen LogP contribution in [-0.2, 0) is 21.1 Å². The van der Waals surface area contributed by atoms with Crippen molar-refractivity contribution in [3.63, 3.8) is 0 Å². The van der Waals surface area contributed by atoms with Crippen LogP contribution in [0.5, 0.6) is 0 Å². The highest BCUT2D eigenvalue weighted by Gasteiger charge is 2.42. The number of fused-ring (bicyclic) bond motifs is 1. The number of benzene rings is 1. The number of aryl methyl sites for hydroxylation is 1. The third kappa shape index (κ3) is 6.28. The van der Waals surface area contributed by atoms with E-state index in [0.717, 1.165) is 23.2 Å². The molecule has 9 nitrogen and oxygen atoms in total. The Hall–Kier alpha value is -2.97. The van der Waals surface area contributed by atoms with Crippen molar-refractivity contribution in [1.82, 2.24) is 19.7 Å². The minimum Gasteiger partial charge on any atom is -0.416 e. The fourth-order valence-corrected chi connectivity index (χ4v) is 5.62. The van der Waals surface area contributed by atoms with E-state index in [2.05, 4.69) is 73.6 Å². The summed E-state index contributed by atoms with van der Waals surface area (Å²) in [5.74, 6) is 1.11. The lowest BCUT2D eigenvalue weighted by Gasteiger charge is -2.39. The Morgan fingerprint density at radius 1 is 1.28 bits per heavy atom. The number of aromatic nitrogens is 4. The number of anilines is 3. The monoisotopic (exact) mass is 567 g/mol. The van der Waals surface area contributed by atoms with Crippen LogP contribution in [0.2, 0.25) is 23.3 Å². The molecule has 0 saturated heterocycles. The summed E-state index contributed by atoms with van der Waals surface area (Å²) in [5, 5.41) is 21.5. The summed E-state index contributed by atoms with van der Waals surface area (Å²) in [6.07, 6.45) is 2.50. The second kappa shape index (κ2) is 11.3. The average molecular weight is 568 g/mol. The van der Waals surface area contributed by atoms with Crippen LogP contribution in [0.4, 0.5) is 17.5 Å². The van der Waals surface area contributed by atoms with Crippen LogP contribution in [0.15, 0.2) is 30.5 Å². The zero-order valence-electron chi connectivity index (χ0n) is 23.9. The minimum absolute atomic E-state index is 0.117. The van der Waals surface area contributed by atoms with Crippen molar-refractivity contribution in [1.29, 1.82) is 5.26 Å². The zero-order chi connectivity index (χ0) is 28.4. The van der Waals surface area contributed by atoms with Crippen molar-refractivity contribution in [2.45, 2.75) is 64.2 Å². The van der Waals surface area contributed by atoms with Gasteiger partial charge in [0.2, 0.25) is 5.95 Å². The smallest absolute Gasteiger partial charge is 0.228 e. The summed E-state index contributed by atoms with van der Waals surface area (Å²) in [5.41, 5.74) is 3.84. The van der Waals surface area contributed by atoms with Crippen molar-refractivity contribution in [2.75, 3.05) is 37.5 Å². The maximum absolute atomic E-state index is 9.99. The number of ether oxygens (including phenoxy) is 1. The molecule has 3 heterocycles. The molecule has 39 heavy (non-hydrogen) atoms. The van der Waals surface area contributed by atoms with E-state index in [1.165, 1.54) is 0 Å². The van der Waals surface area contributed by atoms with Gasteiger partial charge in [0.15, 0.2) is 13.5 Å². The summed E-state index contributed by atoms with van der Waals surface area (Å²) in [4.78, 5) is 9.17. The first-order valence-electron chi connectivity index (χ1n) is 13.2. The summed E-state index contributed by atoms with van der Waals surface area (Å²) in [6.45, 7) is 16.0. The van der Waals surface area contributed by atoms with Gasteiger partial charge >= 0.3 is 0 Å². The van der Waals surface area contributed by atoms with Crippen molar-refractivity contribution < 1.29 is 9.16 Å². The Morgan fingerprint density at radius 2 is 2.05 bits per heavy atom. The molecule has 1 aliphatic rings. The van der Waals surface area contributed by atoms with Crippen LogP contribution in [0.25, 0.3) is 11.3 Å². The molecule has 4 rings (SSSR count). The molecule has 0 fully saturated rings. The number of halogens is 1. The Balaban J connectivity index is 1.63. The molecule has 2 N–H and O–H groups in total. The van der Waals surface area contributed by atoms with Gasteiger partial charge in [-0.05, 0) is 48.3 Å². The van der Waals surface area contributed by atoms with E-state index in [1.807, 2.05) is 12.1 Å². The number of nitrogens with one attached hydrogen (secondary N) is 2. The fourth-order valence-electron chi connectivity index (χ4n) is 4.32. The molecule has 0 bridgehead atoms. The molecule has 0 radical (unpaired) electrons. The van der Waals surface area contributed by atoms with Gasteiger partial charge in [0.25, 0.3) is 0 Å². The molecule has 0 aliphatic carbocycles. The second-order valence-corrected chi connectivity index (χ2v) is 17.0. The standard InChI is InChI=1S/C28H38ClN7O2Si/c1-27(2,3)39(6,7)38-18-28(4)17-32-25-20(16-30)13-19(14-21(25)28)22-9-10-31-26(33-22)34-24-15-23(29)35-36(24)11-8-12-37-5/h9-10,13-15,32H,8,11-12,17-18H2,1-7H3,(H,31,33,34)/t28-/m1/s1. The number of rotatable bonds is 10. The lowest BCUT2D eigenvalue weighted by molar-refractivity contribution is 0.189. The van der Waals surface area contributed by atoms with Crippen LogP contribution < -0.4 is 10.6 Å². The molecule has 1 aliphatic heterocycles. The Morgan fingerprint density at radius 3 is 2.74 bits per heavy atom. The highest BCUT2D eigenvalue weighted by atomic mass is 35.5. The van der Waals surface area contributed by atoms with Gasteiger partial charge in [-0.1, -0.05) is 39.3 Å². The summed E-state index contributed by atoms with van der Waals surface area (Å²) < 4.78 is 13.6. The van der Waals surface area contributed by atoms with Crippen LogP contribution in [0.3, 0.4) is 0 Å². The Kier molecular flexibility index (Phi) is 8.38. The highest BCUT2D eigenvalue weighted by Crippen LogP contribution is 2.44. The zero-order valence-corrected chi connectivity index (χ0v) is 25.6. The lowest BCUT2D eigenvalue weighted by Crippen LogP contribution is -2.45. The van der Waals surface area contributed by atoms with Gasteiger partial charge in [0.1, 0.15) is 11.9 Å². The predicted molar refractivity (Wildman–Crippen MR) is 158 cm³/mol. The van der Waals surface area contributed by atoms with Gasteiger partial charge in [-0.15, -0.1) is 0 Å². The molecule has 3 aromatic rings. The molecule has 1 aromatic carbocycles. The van der Waals surface area contributed by atoms with Gasteiger partial charge in [-0.2, -0.15) is 10.4 Å². The van der Waals surface area contributed by atoms with Crippen molar-refractivity contribution in [2.24, 2.45) is 0 Å². The van der Waals surface area contributed by atoms with E-state index in [0.29, 0.717) is 54.5 Å². The molecule has 11 heteroatoms. The number of methoxy groups -OCH3 is 1. The van der Waals surface area contributed by atoms with E-state index < -0.39 is 8.32 Å². The van der Waals surface area contributed by atoms with Crippen molar-refractivity contribution in [3.8, 4) is 17.3 Å². The largest absolute Gasteiger partial charge is 0.416 e. The Labute approximate surface area is 237 Å². The number of hydrogen-bond donors (Lipinski definition) is 2. The molecule has 0 amide bonds. The fraction of sp³-hybridized carbons (Fsp3) is 0.500. The first-order chi connectivity index (χ1) is 18.4. The summed E-state index contributed by atoms with van der Waals surface area (Å²) >= 11 is 6.18. The van der Waals surface area contributed by atoms with Gasteiger partial charge < -0.3 is 19.8 Å². The van der Waals surface area contributed by atoms with Crippen LogP contribution in [-0.4, -0.2) is 54.9 Å². The van der Waals surface area contributed by atoms with Gasteiger partial charge in [0, 0.05) is 56.7 Å². The summed E-state index contributed by atoms with van der Waals surface area (Å²) in [7, 11) is -0.272.